The Kier molecular flexibility index (Phi) is 7.76. The predicted octanol–water partition coefficient (Wildman–Crippen LogP) is 5.94. The monoisotopic (exact) mass is 410 g/mol. The fraction of sp³-hybridized carbons (Fsp3) is 0.417. The minimum atomic E-state index is -0.0718. The van der Waals surface area contributed by atoms with Gasteiger partial charge in [0, 0.05) is 17.8 Å². The zero-order chi connectivity index (χ0) is 20.6. The lowest BCUT2D eigenvalue weighted by atomic mass is 10.1. The molecule has 0 radical (unpaired) electrons. The quantitative estimate of drug-likeness (QED) is 0.521. The molecular formula is C24H30N2O2S. The Balaban J connectivity index is 1.81. The van der Waals surface area contributed by atoms with Gasteiger partial charge in [-0.25, -0.2) is 0 Å². The van der Waals surface area contributed by atoms with Gasteiger partial charge in [-0.05, 0) is 42.2 Å². The number of aryl methyl sites for hydroxylation is 1. The van der Waals surface area contributed by atoms with Gasteiger partial charge in [0.05, 0.1) is 5.75 Å². The smallest absolute Gasteiger partial charge is 0.238 e. The normalized spacial score (nSPS) is 16.3. The van der Waals surface area contributed by atoms with Crippen molar-refractivity contribution in [2.45, 2.75) is 57.7 Å². The summed E-state index contributed by atoms with van der Waals surface area (Å²) in [4.78, 5) is 26.9. The lowest BCUT2D eigenvalue weighted by Gasteiger charge is -2.27. The second kappa shape index (κ2) is 10.5. The van der Waals surface area contributed by atoms with Gasteiger partial charge in [-0.3, -0.25) is 14.5 Å². The van der Waals surface area contributed by atoms with Crippen molar-refractivity contribution in [2.75, 3.05) is 16.0 Å². The average Bonchev–Trinajstić information content (AvgIpc) is 3.10. The highest BCUT2D eigenvalue weighted by molar-refractivity contribution is 8.00. The Morgan fingerprint density at radius 2 is 1.93 bits per heavy atom. The number of rotatable bonds is 9. The van der Waals surface area contributed by atoms with Crippen LogP contribution in [0.1, 0.15) is 62.5 Å². The van der Waals surface area contributed by atoms with Crippen LogP contribution in [-0.4, -0.2) is 17.6 Å². The Labute approximate surface area is 178 Å². The van der Waals surface area contributed by atoms with E-state index in [1.165, 1.54) is 5.56 Å². The zero-order valence-electron chi connectivity index (χ0n) is 17.3. The van der Waals surface area contributed by atoms with Gasteiger partial charge in [-0.15, -0.1) is 11.8 Å². The number of hydrogen-bond donors (Lipinski definition) is 1. The second-order valence-electron chi connectivity index (χ2n) is 7.44. The summed E-state index contributed by atoms with van der Waals surface area (Å²) in [5.74, 6) is 0.659. The van der Waals surface area contributed by atoms with Gasteiger partial charge < -0.3 is 5.32 Å². The lowest BCUT2D eigenvalue weighted by molar-refractivity contribution is -0.117. The summed E-state index contributed by atoms with van der Waals surface area (Å²) in [7, 11) is 0. The molecule has 0 aliphatic carbocycles. The van der Waals surface area contributed by atoms with E-state index >= 15 is 0 Å². The van der Waals surface area contributed by atoms with Crippen LogP contribution in [0.15, 0.2) is 48.5 Å². The first-order chi connectivity index (χ1) is 14.1. The maximum atomic E-state index is 12.8. The molecule has 1 unspecified atom stereocenters. The van der Waals surface area contributed by atoms with Crippen LogP contribution in [-0.2, 0) is 16.0 Å². The molecule has 3 rings (SSSR count). The largest absolute Gasteiger partial charge is 0.326 e. The molecule has 0 saturated carbocycles. The summed E-state index contributed by atoms with van der Waals surface area (Å²) < 4.78 is 0. The zero-order valence-corrected chi connectivity index (χ0v) is 18.1. The third kappa shape index (κ3) is 5.41. The topological polar surface area (TPSA) is 49.4 Å². The van der Waals surface area contributed by atoms with E-state index < -0.39 is 0 Å². The van der Waals surface area contributed by atoms with E-state index in [9.17, 15) is 9.59 Å². The highest BCUT2D eigenvalue weighted by atomic mass is 32.2. The van der Waals surface area contributed by atoms with Gasteiger partial charge in [0.15, 0.2) is 0 Å². The molecule has 0 aromatic heterocycles. The van der Waals surface area contributed by atoms with Gasteiger partial charge in [0.2, 0.25) is 11.8 Å². The molecule has 2 aromatic carbocycles. The number of para-hydroxylation sites is 1. The van der Waals surface area contributed by atoms with Crippen molar-refractivity contribution in [3.05, 3.63) is 59.7 Å². The number of amides is 2. The van der Waals surface area contributed by atoms with Crippen molar-refractivity contribution in [1.29, 1.82) is 0 Å². The minimum absolute atomic E-state index is 0.0518. The number of hydrogen-bond acceptors (Lipinski definition) is 3. The molecule has 0 bridgehead atoms. The molecule has 1 fully saturated rings. The Bertz CT molecular complexity index is 852. The van der Waals surface area contributed by atoms with Crippen LogP contribution in [0.2, 0.25) is 0 Å². The molecular weight excluding hydrogens is 380 g/mol. The van der Waals surface area contributed by atoms with Crippen LogP contribution in [0.3, 0.4) is 0 Å². The maximum Gasteiger partial charge on any atom is 0.238 e. The molecule has 1 saturated heterocycles. The third-order valence-corrected chi connectivity index (χ3v) is 6.31. The average molecular weight is 411 g/mol. The second-order valence-corrected chi connectivity index (χ2v) is 8.51. The molecule has 0 spiro atoms. The van der Waals surface area contributed by atoms with Crippen molar-refractivity contribution < 1.29 is 9.59 Å². The molecule has 154 valence electrons. The maximum absolute atomic E-state index is 12.8. The fourth-order valence-electron chi connectivity index (χ4n) is 3.69. The van der Waals surface area contributed by atoms with Crippen molar-refractivity contribution in [1.82, 2.24) is 0 Å². The van der Waals surface area contributed by atoms with E-state index in [0.29, 0.717) is 12.2 Å². The number of anilines is 2. The number of benzene rings is 2. The van der Waals surface area contributed by atoms with E-state index in [4.69, 9.17) is 0 Å². The van der Waals surface area contributed by atoms with Gasteiger partial charge in [-0.1, -0.05) is 63.4 Å². The summed E-state index contributed by atoms with van der Waals surface area (Å²) in [6.07, 6.45) is 5.62. The van der Waals surface area contributed by atoms with Crippen LogP contribution in [0.25, 0.3) is 0 Å². The number of thioether (sulfide) groups is 1. The lowest BCUT2D eigenvalue weighted by Crippen LogP contribution is -2.28. The third-order valence-electron chi connectivity index (χ3n) is 5.10. The number of carbonyl (C=O) groups excluding carboxylic acids is 2. The minimum Gasteiger partial charge on any atom is -0.326 e. The summed E-state index contributed by atoms with van der Waals surface area (Å²) in [5, 5.41) is 2.94. The fourth-order valence-corrected chi connectivity index (χ4v) is 4.85. The molecule has 29 heavy (non-hydrogen) atoms. The Morgan fingerprint density at radius 3 is 2.72 bits per heavy atom. The van der Waals surface area contributed by atoms with Crippen molar-refractivity contribution >= 4 is 35.0 Å². The molecule has 1 aliphatic heterocycles. The van der Waals surface area contributed by atoms with Gasteiger partial charge in [0.25, 0.3) is 0 Å². The van der Waals surface area contributed by atoms with Crippen LogP contribution < -0.4 is 10.2 Å². The Hall–Kier alpha value is -2.27. The molecule has 1 aliphatic rings. The van der Waals surface area contributed by atoms with E-state index in [2.05, 4.69) is 25.2 Å². The van der Waals surface area contributed by atoms with Crippen LogP contribution in [0.4, 0.5) is 11.4 Å². The van der Waals surface area contributed by atoms with Crippen LogP contribution >= 0.6 is 11.8 Å². The first-order valence-electron chi connectivity index (χ1n) is 10.6. The van der Waals surface area contributed by atoms with Gasteiger partial charge in [-0.2, -0.15) is 0 Å². The van der Waals surface area contributed by atoms with Crippen LogP contribution in [0, 0.1) is 0 Å². The van der Waals surface area contributed by atoms with Crippen molar-refractivity contribution in [3.63, 3.8) is 0 Å². The van der Waals surface area contributed by atoms with E-state index in [1.54, 1.807) is 11.8 Å². The summed E-state index contributed by atoms with van der Waals surface area (Å²) >= 11 is 1.64. The first kappa shape index (κ1) is 21.4. The highest BCUT2D eigenvalue weighted by Gasteiger charge is 2.35. The van der Waals surface area contributed by atoms with Crippen molar-refractivity contribution in [3.8, 4) is 0 Å². The van der Waals surface area contributed by atoms with E-state index in [0.717, 1.165) is 49.0 Å². The van der Waals surface area contributed by atoms with Crippen LogP contribution in [0.5, 0.6) is 0 Å². The highest BCUT2D eigenvalue weighted by Crippen LogP contribution is 2.43. The summed E-state index contributed by atoms with van der Waals surface area (Å²) in [6, 6.07) is 16.1. The van der Waals surface area contributed by atoms with Crippen molar-refractivity contribution in [2.24, 2.45) is 0 Å². The predicted molar refractivity (Wildman–Crippen MR) is 122 cm³/mol. The molecule has 2 aromatic rings. The SMILES string of the molecule is CCCCCC(=O)Nc1cccc(C2SCC(=O)N2c2ccccc2CCC)c1. The standard InChI is InChI=1S/C24H30N2O2S/c1-3-5-6-15-22(27)25-20-13-9-12-19(16-20)24-26(23(28)17-29-24)21-14-8-7-11-18(21)10-4-2/h7-9,11-14,16,24H,3-6,10,15,17H2,1-2H3,(H,25,27). The van der Waals surface area contributed by atoms with E-state index in [-0.39, 0.29) is 17.2 Å². The van der Waals surface area contributed by atoms with E-state index in [1.807, 2.05) is 47.4 Å². The molecule has 1 heterocycles. The molecule has 1 N–H and O–H groups in total. The van der Waals surface area contributed by atoms with Gasteiger partial charge >= 0.3 is 0 Å². The first-order valence-corrected chi connectivity index (χ1v) is 11.6. The number of nitrogens with zero attached hydrogens (tertiary/aromatic N) is 1. The Morgan fingerprint density at radius 1 is 1.10 bits per heavy atom. The van der Waals surface area contributed by atoms with Gasteiger partial charge in [0.1, 0.15) is 5.37 Å². The molecule has 5 heteroatoms. The molecule has 2 amide bonds. The summed E-state index contributed by atoms with van der Waals surface area (Å²) in [5.41, 5.74) is 4.05. The number of unbranched alkanes of at least 4 members (excludes halogenated alkanes) is 2. The number of nitrogens with one attached hydrogen (secondary N) is 1. The molecule has 1 atom stereocenters. The molecule has 4 nitrogen and oxygen atoms in total. The summed E-state index contributed by atoms with van der Waals surface area (Å²) in [6.45, 7) is 4.29. The number of carbonyl (C=O) groups is 2.